The molecule has 1 heterocycles. The number of hydrogen-bond donors (Lipinski definition) is 2. The highest BCUT2D eigenvalue weighted by molar-refractivity contribution is 6.62. The number of rotatable bonds is 39. The van der Waals surface area contributed by atoms with Crippen LogP contribution in [0.4, 0.5) is 17.8 Å². The molecule has 0 aliphatic heterocycles. The molecule has 0 radical (unpaired) electrons. The zero-order valence-electron chi connectivity index (χ0n) is 36.2. The molecule has 0 fully saturated rings. The van der Waals surface area contributed by atoms with Crippen LogP contribution >= 0.6 is 0 Å². The van der Waals surface area contributed by atoms with Crippen LogP contribution in [0, 0.1) is 0 Å². The second-order valence-electron chi connectivity index (χ2n) is 13.9. The van der Waals surface area contributed by atoms with E-state index in [1.807, 2.05) is 41.5 Å². The molecular weight excluding hydrogens is 733 g/mol. The lowest BCUT2D eigenvalue weighted by Gasteiger charge is -2.35. The van der Waals surface area contributed by atoms with E-state index >= 15 is 0 Å². The fourth-order valence-corrected chi connectivity index (χ4v) is 13.7. The first-order valence-electron chi connectivity index (χ1n) is 22.0. The van der Waals surface area contributed by atoms with Gasteiger partial charge >= 0.3 is 17.6 Å². The molecule has 14 nitrogen and oxygen atoms in total. The van der Waals surface area contributed by atoms with Crippen molar-refractivity contribution in [1.82, 2.24) is 15.0 Å². The third-order valence-corrected chi connectivity index (χ3v) is 17.4. The lowest BCUT2D eigenvalue weighted by molar-refractivity contribution is 0.0581. The van der Waals surface area contributed by atoms with E-state index in [-0.39, 0.29) is 5.95 Å². The van der Waals surface area contributed by atoms with Crippen molar-refractivity contribution in [3.63, 3.8) is 0 Å². The number of nitrogens with one attached hydrogen (secondary N) is 2. The van der Waals surface area contributed by atoms with E-state index in [1.165, 1.54) is 64.2 Å². The van der Waals surface area contributed by atoms with E-state index in [9.17, 15) is 0 Å². The van der Waals surface area contributed by atoms with Gasteiger partial charge in [-0.05, 0) is 90.7 Å². The number of azide groups is 1. The number of hydrogen-bond acceptors (Lipinski definition) is 12. The molecule has 0 aliphatic rings. The summed E-state index contributed by atoms with van der Waals surface area (Å²) in [7, 11) is -5.28. The summed E-state index contributed by atoms with van der Waals surface area (Å²) in [6.45, 7) is 21.9. The minimum absolute atomic E-state index is 0.0745. The van der Waals surface area contributed by atoms with Crippen LogP contribution in [-0.4, -0.2) is 85.3 Å². The van der Waals surface area contributed by atoms with Gasteiger partial charge in [0.15, 0.2) is 0 Å². The molecule has 0 aromatic carbocycles. The third-order valence-electron chi connectivity index (χ3n) is 9.84. The van der Waals surface area contributed by atoms with E-state index in [0.29, 0.717) is 62.6 Å². The molecule has 0 aliphatic carbocycles. The van der Waals surface area contributed by atoms with Crippen LogP contribution in [0.2, 0.25) is 11.1 Å². The van der Waals surface area contributed by atoms with Gasteiger partial charge in [0, 0.05) is 68.7 Å². The molecule has 0 bridgehead atoms. The molecule has 1 aromatic heterocycles. The van der Waals surface area contributed by atoms with Gasteiger partial charge in [-0.25, -0.2) is 0 Å². The lowest BCUT2D eigenvalue weighted by atomic mass is 10.1. The molecule has 0 saturated carbocycles. The molecule has 0 saturated heterocycles. The zero-order chi connectivity index (χ0) is 40.5. The molecule has 320 valence electrons. The summed E-state index contributed by atoms with van der Waals surface area (Å²) in [5.74, 6) is 0.945. The van der Waals surface area contributed by atoms with E-state index < -0.39 is 17.6 Å². The van der Waals surface area contributed by atoms with Crippen LogP contribution in [0.25, 0.3) is 10.4 Å². The lowest BCUT2D eigenvalue weighted by Crippen LogP contribution is -2.50. The summed E-state index contributed by atoms with van der Waals surface area (Å²) < 4.78 is 37.0. The van der Waals surface area contributed by atoms with Crippen molar-refractivity contribution in [2.75, 3.05) is 63.4 Å². The second-order valence-corrected chi connectivity index (χ2v) is 19.6. The van der Waals surface area contributed by atoms with Crippen LogP contribution in [-0.2, 0) is 26.6 Å². The standard InChI is InChI=1S/C39H80N8O6Si2/c1-9-35(54(48-11-3,49-12-4)50-13-5)31-27-23-19-17-21-25-29-33-41-37-43-38(45-39(44-37)46-47-40)42-34-30-26-22-18-20-24-28-32-36(10-2)55(51-14-6,52-15-7)53-16-8/h35-36H,9-34H2,1-8H3,(H2,41,42,43,44,45). The molecule has 0 spiro atoms. The van der Waals surface area contributed by atoms with Gasteiger partial charge in [-0.15, -0.1) is 0 Å². The summed E-state index contributed by atoms with van der Waals surface area (Å²) >= 11 is 0. The predicted molar refractivity (Wildman–Crippen MR) is 229 cm³/mol. The number of unbranched alkanes of at least 4 members (excludes halogenated alkanes) is 12. The Morgan fingerprint density at radius 2 is 0.800 bits per heavy atom. The van der Waals surface area contributed by atoms with Crippen molar-refractivity contribution < 1.29 is 26.6 Å². The largest absolute Gasteiger partial charge is 0.504 e. The van der Waals surface area contributed by atoms with E-state index in [4.69, 9.17) is 32.1 Å². The molecule has 2 N–H and O–H groups in total. The molecule has 16 heteroatoms. The minimum atomic E-state index is -2.64. The highest BCUT2D eigenvalue weighted by Gasteiger charge is 2.48. The van der Waals surface area contributed by atoms with Gasteiger partial charge in [0.2, 0.25) is 17.8 Å². The van der Waals surface area contributed by atoms with Crippen LogP contribution in [0.15, 0.2) is 5.11 Å². The summed E-state index contributed by atoms with van der Waals surface area (Å²) in [4.78, 5) is 16.0. The van der Waals surface area contributed by atoms with Gasteiger partial charge in [0.05, 0.1) is 0 Å². The van der Waals surface area contributed by atoms with Gasteiger partial charge in [-0.3, -0.25) is 0 Å². The van der Waals surface area contributed by atoms with Crippen LogP contribution in [0.5, 0.6) is 0 Å². The van der Waals surface area contributed by atoms with Crippen molar-refractivity contribution in [3.8, 4) is 0 Å². The smallest absolute Gasteiger partial charge is 0.374 e. The van der Waals surface area contributed by atoms with Gasteiger partial charge in [0.25, 0.3) is 0 Å². The first-order chi connectivity index (χ1) is 26.9. The highest BCUT2D eigenvalue weighted by Crippen LogP contribution is 2.35. The highest BCUT2D eigenvalue weighted by atomic mass is 28.4. The van der Waals surface area contributed by atoms with Crippen molar-refractivity contribution in [2.24, 2.45) is 5.11 Å². The Bertz CT molecular complexity index is 1020. The quantitative estimate of drug-likeness (QED) is 0.0213. The molecule has 1 rings (SSSR count). The first-order valence-corrected chi connectivity index (χ1v) is 25.6. The normalized spacial score (nSPS) is 13.1. The molecule has 2 atom stereocenters. The van der Waals surface area contributed by atoms with Gasteiger partial charge < -0.3 is 37.2 Å². The van der Waals surface area contributed by atoms with Crippen molar-refractivity contribution in [3.05, 3.63) is 10.4 Å². The average molecular weight is 813 g/mol. The fraction of sp³-hybridized carbons (Fsp3) is 0.923. The molecule has 1 aromatic rings. The Hall–Kier alpha value is -1.89. The van der Waals surface area contributed by atoms with Gasteiger partial charge in [0.1, 0.15) is 0 Å². The third kappa shape index (κ3) is 20.9. The zero-order valence-corrected chi connectivity index (χ0v) is 38.2. The van der Waals surface area contributed by atoms with Crippen molar-refractivity contribution >= 4 is 35.5 Å². The van der Waals surface area contributed by atoms with E-state index in [1.54, 1.807) is 0 Å². The first kappa shape index (κ1) is 51.1. The van der Waals surface area contributed by atoms with Crippen LogP contribution in [0.3, 0.4) is 0 Å². The number of anilines is 2. The Labute approximate surface area is 337 Å². The van der Waals surface area contributed by atoms with Crippen LogP contribution in [0.1, 0.15) is 171 Å². The monoisotopic (exact) mass is 813 g/mol. The average Bonchev–Trinajstić information content (AvgIpc) is 3.16. The Kier molecular flexibility index (Phi) is 30.8. The summed E-state index contributed by atoms with van der Waals surface area (Å²) in [6, 6.07) is 0. The van der Waals surface area contributed by atoms with E-state index in [2.05, 4.69) is 49.5 Å². The maximum absolute atomic E-state index is 8.97. The van der Waals surface area contributed by atoms with Crippen LogP contribution < -0.4 is 10.6 Å². The predicted octanol–water partition coefficient (Wildman–Crippen LogP) is 11.5. The Morgan fingerprint density at radius 1 is 0.491 bits per heavy atom. The summed E-state index contributed by atoms with van der Waals surface area (Å²) in [6.07, 6.45) is 20.6. The Balaban J connectivity index is 2.32. The fourth-order valence-electron chi connectivity index (χ4n) is 7.23. The SMILES string of the molecule is CCO[Si](OCC)(OCC)C(CC)CCCCCCCCCNc1nc(N=[N+]=[N-])nc(NCCCCCCCCCC(CC)[Si](OCC)(OCC)OCC)n1. The van der Waals surface area contributed by atoms with Crippen molar-refractivity contribution in [2.45, 2.75) is 182 Å². The maximum Gasteiger partial charge on any atom is 0.504 e. The summed E-state index contributed by atoms with van der Waals surface area (Å²) in [5, 5.41) is 10.2. The minimum Gasteiger partial charge on any atom is -0.374 e. The topological polar surface area (TPSA) is 167 Å². The molecule has 2 unspecified atom stereocenters. The van der Waals surface area contributed by atoms with Gasteiger partial charge in [-0.2, -0.15) is 15.0 Å². The summed E-state index contributed by atoms with van der Waals surface area (Å²) in [5.41, 5.74) is 9.69. The van der Waals surface area contributed by atoms with Crippen molar-refractivity contribution in [1.29, 1.82) is 0 Å². The second kappa shape index (κ2) is 33.1. The van der Waals surface area contributed by atoms with Gasteiger partial charge in [-0.1, -0.05) is 90.9 Å². The number of aromatic nitrogens is 3. The molecule has 0 amide bonds. The Morgan fingerprint density at radius 3 is 1.09 bits per heavy atom. The molecular formula is C39H80N8O6Si2. The van der Waals surface area contributed by atoms with E-state index in [0.717, 1.165) is 64.5 Å². The number of nitrogens with zero attached hydrogens (tertiary/aromatic N) is 6. The molecule has 55 heavy (non-hydrogen) atoms. The maximum atomic E-state index is 8.97.